The third kappa shape index (κ3) is 5.51. The molecular weight excluding hydrogens is 276 g/mol. The van der Waals surface area contributed by atoms with E-state index in [1.165, 1.54) is 18.4 Å². The minimum Gasteiger partial charge on any atom is -0.368 e. The molecule has 22 heavy (non-hydrogen) atoms. The Morgan fingerprint density at radius 1 is 1.18 bits per heavy atom. The van der Waals surface area contributed by atoms with Crippen LogP contribution in [-0.2, 0) is 16.0 Å². The van der Waals surface area contributed by atoms with Crippen molar-refractivity contribution < 1.29 is 9.59 Å². The predicted molar refractivity (Wildman–Crippen MR) is 87.1 cm³/mol. The van der Waals surface area contributed by atoms with E-state index in [0.717, 1.165) is 25.7 Å². The molecule has 1 aliphatic rings. The molecule has 1 atom stereocenters. The zero-order valence-electron chi connectivity index (χ0n) is 13.1. The predicted octanol–water partition coefficient (Wildman–Crippen LogP) is 2.56. The Kier molecular flexibility index (Phi) is 6.44. The second kappa shape index (κ2) is 8.57. The van der Waals surface area contributed by atoms with Crippen LogP contribution in [0.1, 0.15) is 50.5 Å². The van der Waals surface area contributed by atoms with E-state index in [1.807, 2.05) is 18.2 Å². The van der Waals surface area contributed by atoms with Crippen LogP contribution in [0.3, 0.4) is 0 Å². The summed E-state index contributed by atoms with van der Waals surface area (Å²) in [6.45, 7) is 0. The van der Waals surface area contributed by atoms with Gasteiger partial charge in [0.25, 0.3) is 0 Å². The third-order valence-corrected chi connectivity index (χ3v) is 4.43. The monoisotopic (exact) mass is 302 g/mol. The molecule has 2 rings (SSSR count). The van der Waals surface area contributed by atoms with Gasteiger partial charge in [-0.05, 0) is 43.6 Å². The van der Waals surface area contributed by atoms with E-state index in [-0.39, 0.29) is 5.91 Å². The van der Waals surface area contributed by atoms with Crippen LogP contribution in [0.5, 0.6) is 0 Å². The topological polar surface area (TPSA) is 72.2 Å². The number of hydrogen-bond acceptors (Lipinski definition) is 2. The zero-order chi connectivity index (χ0) is 15.8. The Morgan fingerprint density at radius 2 is 1.86 bits per heavy atom. The van der Waals surface area contributed by atoms with Gasteiger partial charge in [-0.2, -0.15) is 0 Å². The first kappa shape index (κ1) is 16.5. The zero-order valence-corrected chi connectivity index (χ0v) is 13.1. The van der Waals surface area contributed by atoms with Gasteiger partial charge in [-0.15, -0.1) is 0 Å². The number of carbonyl (C=O) groups excluding carboxylic acids is 2. The minimum atomic E-state index is -0.544. The van der Waals surface area contributed by atoms with Crippen molar-refractivity contribution in [1.82, 2.24) is 5.32 Å². The second-order valence-corrected chi connectivity index (χ2v) is 6.25. The van der Waals surface area contributed by atoms with Gasteiger partial charge in [0, 0.05) is 6.42 Å². The first-order valence-electron chi connectivity index (χ1n) is 8.28. The van der Waals surface area contributed by atoms with E-state index in [0.29, 0.717) is 18.8 Å². The Hall–Kier alpha value is -1.84. The normalized spacial score (nSPS) is 16.4. The van der Waals surface area contributed by atoms with Gasteiger partial charge in [0.05, 0.1) is 0 Å². The fourth-order valence-electron chi connectivity index (χ4n) is 3.17. The number of carbonyl (C=O) groups is 2. The first-order chi connectivity index (χ1) is 10.6. The minimum absolute atomic E-state index is 0.0320. The number of nitrogens with one attached hydrogen (secondary N) is 1. The molecule has 0 saturated heterocycles. The Morgan fingerprint density at radius 3 is 2.50 bits per heavy atom. The molecule has 0 radical (unpaired) electrons. The van der Waals surface area contributed by atoms with Crippen molar-refractivity contribution >= 4 is 11.8 Å². The van der Waals surface area contributed by atoms with Crippen LogP contribution in [0.4, 0.5) is 0 Å². The quantitative estimate of drug-likeness (QED) is 0.774. The maximum absolute atomic E-state index is 12.0. The molecule has 2 amide bonds. The van der Waals surface area contributed by atoms with Gasteiger partial charge in [-0.25, -0.2) is 0 Å². The highest BCUT2D eigenvalue weighted by Crippen LogP contribution is 2.27. The maximum Gasteiger partial charge on any atom is 0.239 e. The molecule has 0 aliphatic heterocycles. The SMILES string of the molecule is NC(=O)[C@@H](CCCc1ccccc1)NC(=O)CC1CCCC1. The van der Waals surface area contributed by atoms with Gasteiger partial charge < -0.3 is 11.1 Å². The molecule has 1 aromatic carbocycles. The third-order valence-electron chi connectivity index (χ3n) is 4.43. The second-order valence-electron chi connectivity index (χ2n) is 6.25. The van der Waals surface area contributed by atoms with Crippen molar-refractivity contribution in [2.75, 3.05) is 0 Å². The number of primary amides is 1. The number of aryl methyl sites for hydroxylation is 1. The van der Waals surface area contributed by atoms with Crippen LogP contribution in [-0.4, -0.2) is 17.9 Å². The van der Waals surface area contributed by atoms with Crippen molar-refractivity contribution in [1.29, 1.82) is 0 Å². The van der Waals surface area contributed by atoms with Crippen LogP contribution in [0, 0.1) is 5.92 Å². The lowest BCUT2D eigenvalue weighted by atomic mass is 10.0. The van der Waals surface area contributed by atoms with Crippen LogP contribution < -0.4 is 11.1 Å². The summed E-state index contributed by atoms with van der Waals surface area (Å²) in [6.07, 6.45) is 7.54. The lowest BCUT2D eigenvalue weighted by Crippen LogP contribution is -2.44. The Balaban J connectivity index is 1.74. The lowest BCUT2D eigenvalue weighted by molar-refractivity contribution is -0.128. The summed E-state index contributed by atoms with van der Waals surface area (Å²) in [7, 11) is 0. The standard InChI is InChI=1S/C18H26N2O2/c19-18(22)16(12-6-11-14-7-2-1-3-8-14)20-17(21)13-15-9-4-5-10-15/h1-3,7-8,15-16H,4-6,9-13H2,(H2,19,22)(H,20,21)/t16-/m1/s1. The number of nitrogens with two attached hydrogens (primary N) is 1. The molecule has 4 heteroatoms. The van der Waals surface area contributed by atoms with Crippen LogP contribution in [0.25, 0.3) is 0 Å². The number of hydrogen-bond donors (Lipinski definition) is 2. The summed E-state index contributed by atoms with van der Waals surface area (Å²) < 4.78 is 0. The van der Waals surface area contributed by atoms with Crippen LogP contribution in [0.2, 0.25) is 0 Å². The van der Waals surface area contributed by atoms with Crippen molar-refractivity contribution in [3.05, 3.63) is 35.9 Å². The molecule has 120 valence electrons. The van der Waals surface area contributed by atoms with Gasteiger partial charge in [-0.3, -0.25) is 9.59 Å². The Bertz CT molecular complexity index is 481. The fourth-order valence-corrected chi connectivity index (χ4v) is 3.17. The van der Waals surface area contributed by atoms with Gasteiger partial charge in [0.15, 0.2) is 0 Å². The molecular formula is C18H26N2O2. The van der Waals surface area contributed by atoms with Crippen molar-refractivity contribution in [3.8, 4) is 0 Å². The lowest BCUT2D eigenvalue weighted by Gasteiger charge is -2.17. The highest BCUT2D eigenvalue weighted by Gasteiger charge is 2.22. The fraction of sp³-hybridized carbons (Fsp3) is 0.556. The van der Waals surface area contributed by atoms with E-state index in [4.69, 9.17) is 5.73 Å². The van der Waals surface area contributed by atoms with Crippen LogP contribution in [0.15, 0.2) is 30.3 Å². The Labute approximate surface area is 132 Å². The van der Waals surface area contributed by atoms with Gasteiger partial charge in [-0.1, -0.05) is 43.2 Å². The highest BCUT2D eigenvalue weighted by molar-refractivity contribution is 5.86. The summed E-state index contributed by atoms with van der Waals surface area (Å²) in [6, 6.07) is 9.58. The highest BCUT2D eigenvalue weighted by atomic mass is 16.2. The van der Waals surface area contributed by atoms with Crippen molar-refractivity contribution in [2.45, 2.75) is 57.4 Å². The smallest absolute Gasteiger partial charge is 0.239 e. The van der Waals surface area contributed by atoms with Gasteiger partial charge in [0.1, 0.15) is 6.04 Å². The van der Waals surface area contributed by atoms with E-state index >= 15 is 0 Å². The molecule has 1 fully saturated rings. The first-order valence-corrected chi connectivity index (χ1v) is 8.28. The van der Waals surface area contributed by atoms with E-state index in [9.17, 15) is 9.59 Å². The number of rotatable bonds is 8. The summed E-state index contributed by atoms with van der Waals surface area (Å²) in [5, 5.41) is 2.82. The molecule has 4 nitrogen and oxygen atoms in total. The van der Waals surface area contributed by atoms with E-state index in [1.54, 1.807) is 0 Å². The average molecular weight is 302 g/mol. The summed E-state index contributed by atoms with van der Waals surface area (Å²) in [5.74, 6) is 0.0149. The molecule has 3 N–H and O–H groups in total. The molecule has 0 heterocycles. The summed E-state index contributed by atoms with van der Waals surface area (Å²) >= 11 is 0. The average Bonchev–Trinajstić information content (AvgIpc) is 3.00. The molecule has 0 unspecified atom stereocenters. The maximum atomic E-state index is 12.0. The molecule has 0 aromatic heterocycles. The number of amides is 2. The summed E-state index contributed by atoms with van der Waals surface area (Å²) in [4.78, 5) is 23.6. The molecule has 1 saturated carbocycles. The number of benzene rings is 1. The van der Waals surface area contributed by atoms with Crippen molar-refractivity contribution in [3.63, 3.8) is 0 Å². The van der Waals surface area contributed by atoms with Crippen LogP contribution >= 0.6 is 0 Å². The molecule has 0 spiro atoms. The van der Waals surface area contributed by atoms with Crippen molar-refractivity contribution in [2.24, 2.45) is 11.7 Å². The van der Waals surface area contributed by atoms with Gasteiger partial charge >= 0.3 is 0 Å². The molecule has 0 bridgehead atoms. The molecule has 1 aliphatic carbocycles. The van der Waals surface area contributed by atoms with E-state index in [2.05, 4.69) is 17.4 Å². The van der Waals surface area contributed by atoms with Gasteiger partial charge in [0.2, 0.25) is 11.8 Å². The van der Waals surface area contributed by atoms with E-state index < -0.39 is 11.9 Å². The molecule has 1 aromatic rings. The summed E-state index contributed by atoms with van der Waals surface area (Å²) in [5.41, 5.74) is 6.66. The largest absolute Gasteiger partial charge is 0.368 e.